The number of fused-ring (bicyclic) bond motifs is 3. The Morgan fingerprint density at radius 3 is 2.97 bits per heavy atom. The molecule has 1 amide bonds. The summed E-state index contributed by atoms with van der Waals surface area (Å²) in [4.78, 5) is 49.7. The van der Waals surface area contributed by atoms with Crippen molar-refractivity contribution in [2.45, 2.75) is 37.5 Å². The van der Waals surface area contributed by atoms with Crippen LogP contribution in [0.2, 0.25) is 0 Å². The average molecular weight is 497 g/mol. The van der Waals surface area contributed by atoms with E-state index in [4.69, 9.17) is 9.15 Å². The number of nitrogens with zero attached hydrogens (tertiary/aromatic N) is 6. The highest BCUT2D eigenvalue weighted by Crippen LogP contribution is 2.35. The van der Waals surface area contributed by atoms with Gasteiger partial charge in [0.1, 0.15) is 18.0 Å². The third kappa shape index (κ3) is 4.53. The maximum Gasteiger partial charge on any atom is 0.437 e. The van der Waals surface area contributed by atoms with Crippen LogP contribution in [-0.2, 0) is 16.1 Å². The summed E-state index contributed by atoms with van der Waals surface area (Å²) in [6.07, 6.45) is 5.51. The first-order chi connectivity index (χ1) is 16.9. The largest absolute Gasteiger partial charge is 0.464 e. The number of esters is 1. The van der Waals surface area contributed by atoms with E-state index in [0.29, 0.717) is 34.3 Å². The molecule has 1 atom stereocenters. The van der Waals surface area contributed by atoms with Crippen molar-refractivity contribution in [2.75, 3.05) is 35.8 Å². The molecule has 1 aromatic carbocycles. The summed E-state index contributed by atoms with van der Waals surface area (Å²) in [6, 6.07) is 7.32. The zero-order chi connectivity index (χ0) is 24.5. The van der Waals surface area contributed by atoms with Crippen LogP contribution < -0.4 is 15.6 Å². The highest BCUT2D eigenvalue weighted by Gasteiger charge is 2.37. The minimum atomic E-state index is -0.652. The standard InChI is InChI=1S/C23H24N6O5S/c1-14(30)33-10-9-29-23(32)34-20(26-29)15-5-3-6-16(11-15)28-13-17-7-4-8-27(17)19-18(21(28)31)12-24-22(25-19)35-2/h3,5-6,11-12,17H,4,7-10,13H2,1-2H3/t17-/m0/s1. The second-order valence-electron chi connectivity index (χ2n) is 8.29. The van der Waals surface area contributed by atoms with E-state index in [1.54, 1.807) is 29.3 Å². The lowest BCUT2D eigenvalue weighted by Gasteiger charge is -2.27. The summed E-state index contributed by atoms with van der Waals surface area (Å²) >= 11 is 1.45. The second kappa shape index (κ2) is 9.53. The van der Waals surface area contributed by atoms with Gasteiger partial charge in [-0.25, -0.2) is 14.8 Å². The van der Waals surface area contributed by atoms with Crippen LogP contribution in [-0.4, -0.2) is 63.6 Å². The Balaban J connectivity index is 1.46. The number of benzene rings is 1. The van der Waals surface area contributed by atoms with Gasteiger partial charge in [-0.05, 0) is 37.3 Å². The maximum atomic E-state index is 13.6. The molecule has 2 aromatic heterocycles. The topological polar surface area (TPSA) is 124 Å². The van der Waals surface area contributed by atoms with Crippen LogP contribution in [0.15, 0.2) is 44.8 Å². The number of carbonyl (C=O) groups is 2. The molecule has 5 rings (SSSR count). The van der Waals surface area contributed by atoms with Crippen LogP contribution in [0.25, 0.3) is 11.5 Å². The predicted octanol–water partition coefficient (Wildman–Crippen LogP) is 2.21. The Morgan fingerprint density at radius 2 is 2.17 bits per heavy atom. The van der Waals surface area contributed by atoms with Crippen molar-refractivity contribution in [3.63, 3.8) is 0 Å². The first-order valence-corrected chi connectivity index (χ1v) is 12.5. The van der Waals surface area contributed by atoms with Gasteiger partial charge in [-0.3, -0.25) is 9.59 Å². The first-order valence-electron chi connectivity index (χ1n) is 11.3. The molecule has 182 valence electrons. The Kier molecular flexibility index (Phi) is 6.29. The summed E-state index contributed by atoms with van der Waals surface area (Å²) in [5, 5.41) is 4.86. The first kappa shape index (κ1) is 23.1. The lowest BCUT2D eigenvalue weighted by Crippen LogP contribution is -2.39. The Morgan fingerprint density at radius 1 is 1.31 bits per heavy atom. The van der Waals surface area contributed by atoms with Crippen molar-refractivity contribution >= 4 is 35.1 Å². The molecule has 12 heteroatoms. The fourth-order valence-electron chi connectivity index (χ4n) is 4.44. The molecule has 2 aliphatic rings. The summed E-state index contributed by atoms with van der Waals surface area (Å²) in [5.74, 6) is -0.451. The number of hydrogen-bond donors (Lipinski definition) is 0. The third-order valence-electron chi connectivity index (χ3n) is 6.07. The van der Waals surface area contributed by atoms with Crippen molar-refractivity contribution < 1.29 is 18.7 Å². The van der Waals surface area contributed by atoms with Gasteiger partial charge in [-0.1, -0.05) is 17.8 Å². The van der Waals surface area contributed by atoms with Gasteiger partial charge >= 0.3 is 11.7 Å². The molecule has 0 N–H and O–H groups in total. The molecule has 0 aliphatic carbocycles. The van der Waals surface area contributed by atoms with Crippen molar-refractivity contribution in [2.24, 2.45) is 0 Å². The van der Waals surface area contributed by atoms with Gasteiger partial charge in [0.15, 0.2) is 5.16 Å². The van der Waals surface area contributed by atoms with Crippen LogP contribution in [0.3, 0.4) is 0 Å². The highest BCUT2D eigenvalue weighted by molar-refractivity contribution is 7.98. The lowest BCUT2D eigenvalue weighted by atomic mass is 10.1. The molecule has 2 aliphatic heterocycles. The molecule has 4 heterocycles. The van der Waals surface area contributed by atoms with Crippen molar-refractivity contribution in [3.05, 3.63) is 46.6 Å². The molecule has 0 radical (unpaired) electrons. The lowest BCUT2D eigenvalue weighted by molar-refractivity contribution is -0.141. The second-order valence-corrected chi connectivity index (χ2v) is 9.06. The van der Waals surface area contributed by atoms with Crippen LogP contribution in [0.4, 0.5) is 11.5 Å². The maximum absolute atomic E-state index is 13.6. The van der Waals surface area contributed by atoms with Gasteiger partial charge in [-0.2, -0.15) is 4.68 Å². The van der Waals surface area contributed by atoms with Gasteiger partial charge in [0.25, 0.3) is 5.91 Å². The molecule has 3 aromatic rings. The van der Waals surface area contributed by atoms with Crippen molar-refractivity contribution in [1.29, 1.82) is 0 Å². The molecule has 35 heavy (non-hydrogen) atoms. The van der Waals surface area contributed by atoms with Crippen molar-refractivity contribution in [3.8, 4) is 11.5 Å². The van der Waals surface area contributed by atoms with E-state index < -0.39 is 11.7 Å². The van der Waals surface area contributed by atoms with E-state index in [-0.39, 0.29) is 31.0 Å². The average Bonchev–Trinajstić information content (AvgIpc) is 3.45. The fourth-order valence-corrected chi connectivity index (χ4v) is 4.77. The quantitative estimate of drug-likeness (QED) is 0.285. The van der Waals surface area contributed by atoms with Crippen LogP contribution >= 0.6 is 11.8 Å². The fraction of sp³-hybridized carbons (Fsp3) is 0.391. The van der Waals surface area contributed by atoms with Crippen LogP contribution in [0, 0.1) is 0 Å². The van der Waals surface area contributed by atoms with Gasteiger partial charge in [0.05, 0.1) is 6.54 Å². The van der Waals surface area contributed by atoms with E-state index in [0.717, 1.165) is 24.1 Å². The highest BCUT2D eigenvalue weighted by atomic mass is 32.2. The molecular weight excluding hydrogens is 472 g/mol. The predicted molar refractivity (Wildman–Crippen MR) is 129 cm³/mol. The molecule has 0 spiro atoms. The zero-order valence-corrected chi connectivity index (χ0v) is 20.2. The third-order valence-corrected chi connectivity index (χ3v) is 6.63. The summed E-state index contributed by atoms with van der Waals surface area (Å²) in [5.41, 5.74) is 1.69. The number of hydrogen-bond acceptors (Lipinski definition) is 10. The summed E-state index contributed by atoms with van der Waals surface area (Å²) < 4.78 is 11.3. The Labute approximate surface area is 205 Å². The Bertz CT molecular complexity index is 1340. The SMILES string of the molecule is CSc1ncc2c(n1)N1CCC[C@H]1CN(c1cccc(-c3nn(CCOC(C)=O)c(=O)o3)c1)C2=O. The number of rotatable bonds is 6. The molecular formula is C23H24N6O5S. The number of amides is 1. The zero-order valence-electron chi connectivity index (χ0n) is 19.3. The number of aromatic nitrogens is 4. The van der Waals surface area contributed by atoms with E-state index in [1.165, 1.54) is 18.7 Å². The minimum absolute atomic E-state index is 0.0150. The minimum Gasteiger partial charge on any atom is -0.464 e. The van der Waals surface area contributed by atoms with Gasteiger partial charge in [0, 0.05) is 43.5 Å². The molecule has 1 fully saturated rings. The molecule has 11 nitrogen and oxygen atoms in total. The number of carbonyl (C=O) groups excluding carboxylic acids is 2. The van der Waals surface area contributed by atoms with Crippen LogP contribution in [0.5, 0.6) is 0 Å². The summed E-state index contributed by atoms with van der Waals surface area (Å²) in [6.45, 7) is 2.75. The van der Waals surface area contributed by atoms with Gasteiger partial charge in [-0.15, -0.1) is 5.10 Å². The summed E-state index contributed by atoms with van der Waals surface area (Å²) in [7, 11) is 0. The normalized spacial score (nSPS) is 17.2. The van der Waals surface area contributed by atoms with E-state index in [9.17, 15) is 14.4 Å². The van der Waals surface area contributed by atoms with Gasteiger partial charge in [0.2, 0.25) is 5.89 Å². The smallest absolute Gasteiger partial charge is 0.437 e. The number of ether oxygens (including phenoxy) is 1. The number of anilines is 2. The molecule has 0 saturated carbocycles. The molecule has 0 bridgehead atoms. The monoisotopic (exact) mass is 496 g/mol. The van der Waals surface area contributed by atoms with Gasteiger partial charge < -0.3 is 19.0 Å². The molecule has 1 saturated heterocycles. The van der Waals surface area contributed by atoms with E-state index in [1.807, 2.05) is 12.3 Å². The van der Waals surface area contributed by atoms with E-state index in [2.05, 4.69) is 20.0 Å². The molecule has 0 unspecified atom stereocenters. The number of thioether (sulfide) groups is 1. The Hall–Kier alpha value is -3.67. The van der Waals surface area contributed by atoms with E-state index >= 15 is 0 Å². The van der Waals surface area contributed by atoms with Crippen LogP contribution in [0.1, 0.15) is 30.1 Å². The van der Waals surface area contributed by atoms with Crippen molar-refractivity contribution in [1.82, 2.24) is 19.7 Å².